The molecule has 4 rings (SSSR count). The summed E-state index contributed by atoms with van der Waals surface area (Å²) < 4.78 is 0. The second kappa shape index (κ2) is 8.02. The predicted octanol–water partition coefficient (Wildman–Crippen LogP) is 3.79. The average Bonchev–Trinajstić information content (AvgIpc) is 2.78. The molecule has 0 saturated carbocycles. The summed E-state index contributed by atoms with van der Waals surface area (Å²) in [5.41, 5.74) is 3.12. The number of hydrogen-bond acceptors (Lipinski definition) is 2. The number of rotatable bonds is 3. The van der Waals surface area contributed by atoms with E-state index in [9.17, 15) is 9.59 Å². The number of amides is 2. The molecule has 2 aliphatic heterocycles. The van der Waals surface area contributed by atoms with Gasteiger partial charge in [0.1, 0.15) is 0 Å². The number of fused-ring (bicyclic) bond motifs is 1. The lowest BCUT2D eigenvalue weighted by Gasteiger charge is -2.39. The molecule has 0 aliphatic carbocycles. The first-order chi connectivity index (χ1) is 14.0. The van der Waals surface area contributed by atoms with Gasteiger partial charge in [-0.05, 0) is 49.8 Å². The van der Waals surface area contributed by atoms with Gasteiger partial charge in [-0.25, -0.2) is 0 Å². The summed E-state index contributed by atoms with van der Waals surface area (Å²) in [4.78, 5) is 30.2. The van der Waals surface area contributed by atoms with Crippen LogP contribution in [-0.2, 0) is 28.0 Å². The van der Waals surface area contributed by atoms with Crippen LogP contribution in [0.2, 0.25) is 0 Å². The molecule has 2 heterocycles. The predicted molar refractivity (Wildman–Crippen MR) is 114 cm³/mol. The average molecular weight is 391 g/mol. The molecule has 2 aromatic carbocycles. The van der Waals surface area contributed by atoms with Crippen molar-refractivity contribution in [2.45, 2.75) is 45.1 Å². The molecule has 2 aromatic rings. The van der Waals surface area contributed by atoms with Crippen LogP contribution in [-0.4, -0.2) is 41.2 Å². The maximum atomic E-state index is 13.2. The lowest BCUT2D eigenvalue weighted by Crippen LogP contribution is -2.49. The van der Waals surface area contributed by atoms with Gasteiger partial charge in [-0.15, -0.1) is 0 Å². The monoisotopic (exact) mass is 390 g/mol. The maximum absolute atomic E-state index is 13.2. The minimum absolute atomic E-state index is 0.0316. The summed E-state index contributed by atoms with van der Waals surface area (Å²) in [6, 6.07) is 18.4. The third-order valence-corrected chi connectivity index (χ3v) is 6.60. The first-order valence-corrected chi connectivity index (χ1v) is 10.7. The molecule has 4 nitrogen and oxygen atoms in total. The van der Waals surface area contributed by atoms with Gasteiger partial charge >= 0.3 is 0 Å². The van der Waals surface area contributed by atoms with Crippen molar-refractivity contribution < 1.29 is 9.59 Å². The molecular weight excluding hydrogens is 360 g/mol. The van der Waals surface area contributed by atoms with Crippen LogP contribution in [0.15, 0.2) is 54.6 Å². The normalized spacial score (nSPS) is 17.7. The van der Waals surface area contributed by atoms with E-state index in [1.807, 2.05) is 60.0 Å². The van der Waals surface area contributed by atoms with Gasteiger partial charge in [-0.1, -0.05) is 54.6 Å². The van der Waals surface area contributed by atoms with Crippen LogP contribution < -0.4 is 0 Å². The second-order valence-electron chi connectivity index (χ2n) is 8.84. The molecule has 1 saturated heterocycles. The summed E-state index contributed by atoms with van der Waals surface area (Å²) in [5, 5.41) is 0. The lowest BCUT2D eigenvalue weighted by molar-refractivity contribution is -0.143. The molecule has 0 atom stereocenters. The Morgan fingerprint density at radius 3 is 2.14 bits per heavy atom. The van der Waals surface area contributed by atoms with Crippen LogP contribution in [0.5, 0.6) is 0 Å². The van der Waals surface area contributed by atoms with Crippen molar-refractivity contribution in [2.24, 2.45) is 5.92 Å². The molecule has 0 unspecified atom stereocenters. The fourth-order valence-corrected chi connectivity index (χ4v) is 4.65. The van der Waals surface area contributed by atoms with E-state index in [0.717, 1.165) is 37.9 Å². The van der Waals surface area contributed by atoms with Crippen molar-refractivity contribution in [1.82, 2.24) is 9.80 Å². The Kier molecular flexibility index (Phi) is 5.44. The topological polar surface area (TPSA) is 40.6 Å². The molecular formula is C25H30N2O2. The van der Waals surface area contributed by atoms with Gasteiger partial charge in [0.2, 0.25) is 11.8 Å². The molecule has 0 N–H and O–H groups in total. The van der Waals surface area contributed by atoms with Gasteiger partial charge in [-0.2, -0.15) is 0 Å². The van der Waals surface area contributed by atoms with Crippen molar-refractivity contribution in [3.63, 3.8) is 0 Å². The van der Waals surface area contributed by atoms with Crippen molar-refractivity contribution in [2.75, 3.05) is 19.6 Å². The van der Waals surface area contributed by atoms with Crippen LogP contribution in [0.3, 0.4) is 0 Å². The number of piperidine rings is 1. The molecule has 0 bridgehead atoms. The van der Waals surface area contributed by atoms with E-state index in [4.69, 9.17) is 0 Å². The number of carbonyl (C=O) groups excluding carboxylic acids is 2. The van der Waals surface area contributed by atoms with E-state index in [0.29, 0.717) is 13.1 Å². The lowest BCUT2D eigenvalue weighted by atomic mass is 9.82. The van der Waals surface area contributed by atoms with Gasteiger partial charge in [-0.3, -0.25) is 9.59 Å². The number of benzene rings is 2. The Balaban J connectivity index is 1.36. The van der Waals surface area contributed by atoms with E-state index >= 15 is 0 Å². The van der Waals surface area contributed by atoms with Crippen LogP contribution in [0, 0.1) is 5.92 Å². The number of carbonyl (C=O) groups is 2. The van der Waals surface area contributed by atoms with Gasteiger partial charge in [0.25, 0.3) is 0 Å². The molecule has 2 amide bonds. The summed E-state index contributed by atoms with van der Waals surface area (Å²) >= 11 is 0. The molecule has 1 fully saturated rings. The zero-order valence-corrected chi connectivity index (χ0v) is 17.4. The third kappa shape index (κ3) is 3.93. The zero-order chi connectivity index (χ0) is 20.4. The Morgan fingerprint density at radius 1 is 0.828 bits per heavy atom. The molecule has 152 valence electrons. The van der Waals surface area contributed by atoms with E-state index in [2.05, 4.69) is 18.2 Å². The molecule has 2 aliphatic rings. The van der Waals surface area contributed by atoms with E-state index in [1.165, 1.54) is 11.1 Å². The summed E-state index contributed by atoms with van der Waals surface area (Å²) in [6.07, 6.45) is 2.45. The molecule has 0 aromatic heterocycles. The number of nitrogens with zero attached hydrogens (tertiary/aromatic N) is 2. The first kappa shape index (κ1) is 19.7. The largest absolute Gasteiger partial charge is 0.342 e. The summed E-state index contributed by atoms with van der Waals surface area (Å²) in [5.74, 6) is 0.444. The fourth-order valence-electron chi connectivity index (χ4n) is 4.65. The maximum Gasteiger partial charge on any atom is 0.232 e. The van der Waals surface area contributed by atoms with Crippen molar-refractivity contribution >= 4 is 11.8 Å². The minimum atomic E-state index is -0.547. The van der Waals surface area contributed by atoms with E-state index < -0.39 is 5.41 Å². The zero-order valence-electron chi connectivity index (χ0n) is 17.4. The van der Waals surface area contributed by atoms with Gasteiger partial charge in [0.15, 0.2) is 0 Å². The van der Waals surface area contributed by atoms with Crippen LogP contribution >= 0.6 is 0 Å². The van der Waals surface area contributed by atoms with Crippen molar-refractivity contribution in [3.8, 4) is 0 Å². The number of likely N-dealkylation sites (tertiary alicyclic amines) is 1. The first-order valence-electron chi connectivity index (χ1n) is 10.7. The van der Waals surface area contributed by atoms with Gasteiger partial charge in [0, 0.05) is 32.1 Å². The smallest absolute Gasteiger partial charge is 0.232 e. The highest BCUT2D eigenvalue weighted by Crippen LogP contribution is 2.29. The quantitative estimate of drug-likeness (QED) is 0.800. The molecule has 0 radical (unpaired) electrons. The Bertz CT molecular complexity index is 883. The SMILES string of the molecule is CC(C)(C(=O)N1CCC(C(=O)N2CCc3ccccc3C2)CC1)c1ccccc1. The molecule has 4 heteroatoms. The highest BCUT2D eigenvalue weighted by Gasteiger charge is 2.37. The van der Waals surface area contributed by atoms with Gasteiger partial charge in [0.05, 0.1) is 5.41 Å². The van der Waals surface area contributed by atoms with Crippen LogP contribution in [0.1, 0.15) is 43.4 Å². The number of hydrogen-bond donors (Lipinski definition) is 0. The molecule has 0 spiro atoms. The fraction of sp³-hybridized carbons (Fsp3) is 0.440. The summed E-state index contributed by atoms with van der Waals surface area (Å²) in [6.45, 7) is 6.83. The van der Waals surface area contributed by atoms with E-state index in [-0.39, 0.29) is 17.7 Å². The van der Waals surface area contributed by atoms with Crippen LogP contribution in [0.4, 0.5) is 0 Å². The third-order valence-electron chi connectivity index (χ3n) is 6.60. The highest BCUT2D eigenvalue weighted by molar-refractivity contribution is 5.88. The van der Waals surface area contributed by atoms with Crippen LogP contribution in [0.25, 0.3) is 0 Å². The Labute approximate surface area is 173 Å². The summed E-state index contributed by atoms with van der Waals surface area (Å²) in [7, 11) is 0. The Hall–Kier alpha value is -2.62. The second-order valence-corrected chi connectivity index (χ2v) is 8.84. The Morgan fingerprint density at radius 2 is 1.45 bits per heavy atom. The standard InChI is InChI=1S/C25H30N2O2/c1-25(2,22-10-4-3-5-11-22)24(29)26-15-13-20(14-16-26)23(28)27-17-12-19-8-6-7-9-21(19)18-27/h3-11,20H,12-18H2,1-2H3. The molecule has 29 heavy (non-hydrogen) atoms. The van der Waals surface area contributed by atoms with E-state index in [1.54, 1.807) is 0 Å². The highest BCUT2D eigenvalue weighted by atomic mass is 16.2. The van der Waals surface area contributed by atoms with Gasteiger partial charge < -0.3 is 9.80 Å². The minimum Gasteiger partial charge on any atom is -0.342 e. The van der Waals surface area contributed by atoms with Crippen molar-refractivity contribution in [3.05, 3.63) is 71.3 Å². The van der Waals surface area contributed by atoms with Crippen molar-refractivity contribution in [1.29, 1.82) is 0 Å².